The van der Waals surface area contributed by atoms with Crippen LogP contribution >= 0.6 is 0 Å². The summed E-state index contributed by atoms with van der Waals surface area (Å²) in [5.74, 6) is 0. The first-order chi connectivity index (χ1) is 10.7. The number of fused-ring (bicyclic) bond motifs is 4. The third-order valence-electron chi connectivity index (χ3n) is 4.68. The van der Waals surface area contributed by atoms with Crippen LogP contribution in [0.3, 0.4) is 0 Å². The monoisotopic (exact) mass is 290 g/mol. The lowest BCUT2D eigenvalue weighted by Crippen LogP contribution is -2.21. The minimum absolute atomic E-state index is 0.823. The number of aryl methyl sites for hydroxylation is 1. The van der Waals surface area contributed by atoms with Crippen LogP contribution in [0.15, 0.2) is 48.5 Å². The summed E-state index contributed by atoms with van der Waals surface area (Å²) in [5.41, 5.74) is 3.02. The van der Waals surface area contributed by atoms with E-state index in [0.29, 0.717) is 0 Å². The van der Waals surface area contributed by atoms with Crippen LogP contribution in [0.1, 0.15) is 29.7 Å². The lowest BCUT2D eigenvalue weighted by atomic mass is 9.83. The highest BCUT2D eigenvalue weighted by Crippen LogP contribution is 2.38. The highest BCUT2D eigenvalue weighted by Gasteiger charge is 2.26. The summed E-state index contributed by atoms with van der Waals surface area (Å²) in [6.45, 7) is 2.10. The smallest absolute Gasteiger partial charge is 0.109 e. The molecule has 2 unspecified atom stereocenters. The Kier molecular flexibility index (Phi) is 3.03. The SMILES string of the molecule is CCc1c2c(cc3c1ccc1ccccc13)C=CC(O)C2O. The van der Waals surface area contributed by atoms with E-state index in [1.54, 1.807) is 6.08 Å². The summed E-state index contributed by atoms with van der Waals surface area (Å²) < 4.78 is 0. The molecule has 0 radical (unpaired) electrons. The summed E-state index contributed by atoms with van der Waals surface area (Å²) in [6, 6.07) is 14.8. The second-order valence-electron chi connectivity index (χ2n) is 5.89. The molecule has 0 saturated carbocycles. The normalized spacial score (nSPS) is 20.5. The fourth-order valence-corrected chi connectivity index (χ4v) is 3.61. The van der Waals surface area contributed by atoms with E-state index in [1.165, 1.54) is 21.5 Å². The van der Waals surface area contributed by atoms with Gasteiger partial charge in [0.15, 0.2) is 0 Å². The van der Waals surface area contributed by atoms with Crippen molar-refractivity contribution in [2.45, 2.75) is 25.6 Å². The number of rotatable bonds is 1. The third kappa shape index (κ3) is 1.81. The predicted octanol–water partition coefficient (Wildman–Crippen LogP) is 3.98. The van der Waals surface area contributed by atoms with E-state index in [0.717, 1.165) is 23.1 Å². The molecule has 4 rings (SSSR count). The van der Waals surface area contributed by atoms with Gasteiger partial charge in [-0.1, -0.05) is 55.5 Å². The molecule has 3 aromatic rings. The molecule has 0 spiro atoms. The Morgan fingerprint density at radius 2 is 1.77 bits per heavy atom. The van der Waals surface area contributed by atoms with Crippen LogP contribution in [0, 0.1) is 0 Å². The zero-order chi connectivity index (χ0) is 15.3. The molecule has 0 amide bonds. The number of aliphatic hydroxyl groups is 2. The lowest BCUT2D eigenvalue weighted by Gasteiger charge is -2.26. The van der Waals surface area contributed by atoms with Gasteiger partial charge in [0, 0.05) is 0 Å². The maximum absolute atomic E-state index is 10.4. The minimum Gasteiger partial charge on any atom is -0.386 e. The van der Waals surface area contributed by atoms with E-state index in [4.69, 9.17) is 0 Å². The number of benzene rings is 3. The van der Waals surface area contributed by atoms with Gasteiger partial charge in [-0.3, -0.25) is 0 Å². The molecular weight excluding hydrogens is 272 g/mol. The van der Waals surface area contributed by atoms with Gasteiger partial charge in [0.2, 0.25) is 0 Å². The zero-order valence-corrected chi connectivity index (χ0v) is 12.5. The van der Waals surface area contributed by atoms with E-state index in [1.807, 2.05) is 12.1 Å². The van der Waals surface area contributed by atoms with Gasteiger partial charge >= 0.3 is 0 Å². The van der Waals surface area contributed by atoms with Crippen molar-refractivity contribution in [2.24, 2.45) is 0 Å². The molecule has 2 atom stereocenters. The van der Waals surface area contributed by atoms with E-state index in [-0.39, 0.29) is 0 Å². The Hall–Kier alpha value is -2.16. The molecule has 1 aliphatic rings. The van der Waals surface area contributed by atoms with Crippen LogP contribution in [0.4, 0.5) is 0 Å². The van der Waals surface area contributed by atoms with Crippen LogP contribution in [0.2, 0.25) is 0 Å². The van der Waals surface area contributed by atoms with E-state index < -0.39 is 12.2 Å². The summed E-state index contributed by atoms with van der Waals surface area (Å²) in [4.78, 5) is 0. The van der Waals surface area contributed by atoms with Crippen LogP contribution < -0.4 is 0 Å². The Morgan fingerprint density at radius 1 is 0.955 bits per heavy atom. The second-order valence-corrected chi connectivity index (χ2v) is 5.89. The topological polar surface area (TPSA) is 40.5 Å². The van der Waals surface area contributed by atoms with Crippen molar-refractivity contribution in [2.75, 3.05) is 0 Å². The lowest BCUT2D eigenvalue weighted by molar-refractivity contribution is 0.0465. The quantitative estimate of drug-likeness (QED) is 0.666. The molecule has 0 heterocycles. The molecule has 0 fully saturated rings. The van der Waals surface area contributed by atoms with E-state index in [2.05, 4.69) is 43.3 Å². The van der Waals surface area contributed by atoms with Crippen molar-refractivity contribution in [3.63, 3.8) is 0 Å². The molecule has 0 saturated heterocycles. The van der Waals surface area contributed by atoms with Crippen molar-refractivity contribution in [1.82, 2.24) is 0 Å². The standard InChI is InChI=1S/C20H18O2/c1-2-14-16-9-7-12-5-3-4-6-15(12)17(16)11-13-8-10-18(21)20(22)19(13)14/h3-11,18,20-22H,2H2,1H3. The summed E-state index contributed by atoms with van der Waals surface area (Å²) in [5, 5.41) is 25.2. The van der Waals surface area contributed by atoms with Gasteiger partial charge in [0.05, 0.1) is 0 Å². The largest absolute Gasteiger partial charge is 0.386 e. The minimum atomic E-state index is -0.842. The van der Waals surface area contributed by atoms with Crippen molar-refractivity contribution in [3.8, 4) is 0 Å². The highest BCUT2D eigenvalue weighted by atomic mass is 16.3. The van der Waals surface area contributed by atoms with Gasteiger partial charge in [-0.2, -0.15) is 0 Å². The third-order valence-corrected chi connectivity index (χ3v) is 4.68. The molecule has 1 aliphatic carbocycles. The van der Waals surface area contributed by atoms with Crippen molar-refractivity contribution in [3.05, 3.63) is 65.2 Å². The first-order valence-electron chi connectivity index (χ1n) is 7.72. The Bertz CT molecular complexity index is 908. The van der Waals surface area contributed by atoms with E-state index in [9.17, 15) is 10.2 Å². The van der Waals surface area contributed by atoms with Gasteiger partial charge in [0.25, 0.3) is 0 Å². The van der Waals surface area contributed by atoms with Gasteiger partial charge in [-0.15, -0.1) is 0 Å². The molecule has 0 aromatic heterocycles. The van der Waals surface area contributed by atoms with Crippen LogP contribution in [0.25, 0.3) is 27.6 Å². The average Bonchev–Trinajstić information content (AvgIpc) is 2.56. The fraction of sp³-hybridized carbons (Fsp3) is 0.200. The van der Waals surface area contributed by atoms with Gasteiger partial charge < -0.3 is 10.2 Å². The molecule has 0 bridgehead atoms. The molecule has 0 aliphatic heterocycles. The molecule has 2 heteroatoms. The molecule has 2 nitrogen and oxygen atoms in total. The van der Waals surface area contributed by atoms with Crippen molar-refractivity contribution < 1.29 is 10.2 Å². The predicted molar refractivity (Wildman–Crippen MR) is 90.8 cm³/mol. The number of hydrogen-bond acceptors (Lipinski definition) is 2. The summed E-state index contributed by atoms with van der Waals surface area (Å²) in [6.07, 6.45) is 2.76. The Labute approximate surface area is 129 Å². The summed E-state index contributed by atoms with van der Waals surface area (Å²) in [7, 11) is 0. The number of hydrogen-bond donors (Lipinski definition) is 2. The molecule has 2 N–H and O–H groups in total. The maximum atomic E-state index is 10.4. The summed E-state index contributed by atoms with van der Waals surface area (Å²) >= 11 is 0. The van der Waals surface area contributed by atoms with Crippen LogP contribution in [-0.2, 0) is 6.42 Å². The van der Waals surface area contributed by atoms with Gasteiger partial charge in [-0.25, -0.2) is 0 Å². The Morgan fingerprint density at radius 3 is 2.59 bits per heavy atom. The molecule has 3 aromatic carbocycles. The Balaban J connectivity index is 2.17. The molecular formula is C20H18O2. The first-order valence-corrected chi connectivity index (χ1v) is 7.72. The van der Waals surface area contributed by atoms with Gasteiger partial charge in [0.1, 0.15) is 12.2 Å². The van der Waals surface area contributed by atoms with Crippen LogP contribution in [0.5, 0.6) is 0 Å². The maximum Gasteiger partial charge on any atom is 0.109 e. The van der Waals surface area contributed by atoms with Crippen LogP contribution in [-0.4, -0.2) is 16.3 Å². The van der Waals surface area contributed by atoms with Crippen molar-refractivity contribution >= 4 is 27.6 Å². The number of aliphatic hydroxyl groups excluding tert-OH is 2. The van der Waals surface area contributed by atoms with Gasteiger partial charge in [-0.05, 0) is 50.7 Å². The van der Waals surface area contributed by atoms with Crippen molar-refractivity contribution in [1.29, 1.82) is 0 Å². The average molecular weight is 290 g/mol. The fourth-order valence-electron chi connectivity index (χ4n) is 3.61. The highest BCUT2D eigenvalue weighted by molar-refractivity contribution is 6.09. The second kappa shape index (κ2) is 4.94. The zero-order valence-electron chi connectivity index (χ0n) is 12.5. The first kappa shape index (κ1) is 13.5. The molecule has 110 valence electrons. The molecule has 22 heavy (non-hydrogen) atoms. The van der Waals surface area contributed by atoms with E-state index >= 15 is 0 Å².